The average molecular weight is 200 g/mol. The van der Waals surface area contributed by atoms with E-state index in [1.165, 1.54) is 12.1 Å². The van der Waals surface area contributed by atoms with Gasteiger partial charge in [0.1, 0.15) is 0 Å². The molecule has 0 fully saturated rings. The number of benzene rings is 1. The van der Waals surface area contributed by atoms with Crippen LogP contribution in [0.1, 0.15) is 0 Å². The van der Waals surface area contributed by atoms with E-state index < -0.39 is 25.5 Å². The Labute approximate surface area is 74.2 Å². The molecule has 6 nitrogen and oxygen atoms in total. The maximum Gasteiger partial charge on any atom is 0.289 e. The molecule has 0 aliphatic carbocycles. The molecule has 0 saturated heterocycles. The van der Waals surface area contributed by atoms with Gasteiger partial charge in [-0.25, -0.2) is 8.42 Å². The van der Waals surface area contributed by atoms with Gasteiger partial charge >= 0.3 is 0 Å². The summed E-state index contributed by atoms with van der Waals surface area (Å²) in [5.74, 6) is 0. The van der Waals surface area contributed by atoms with Crippen molar-refractivity contribution in [3.05, 3.63) is 34.4 Å². The molecule has 0 aliphatic heterocycles. The summed E-state index contributed by atoms with van der Waals surface area (Å²) < 4.78 is 21.2. The summed E-state index contributed by atoms with van der Waals surface area (Å²) in [5, 5.41) is 18.9. The third kappa shape index (κ3) is 2.01. The molecule has 1 aromatic rings. The zero-order valence-corrected chi connectivity index (χ0v) is 7.06. The fraction of sp³-hybridized carbons (Fsp3) is 0. The standard InChI is InChI=1S/C6H4N2O4S/c7-13(11,12)6-4-2-1-3-5(6)8(9)10/h1-4H. The maximum atomic E-state index is 10.6. The Balaban J connectivity index is 3.46. The van der Waals surface area contributed by atoms with Crippen LogP contribution < -0.4 is 5.14 Å². The molecule has 0 heterocycles. The van der Waals surface area contributed by atoms with Gasteiger partial charge in [-0.05, 0) is 6.07 Å². The molecule has 0 atom stereocenters. The first-order valence-corrected chi connectivity index (χ1v) is 4.58. The first-order chi connectivity index (χ1) is 5.93. The molecule has 0 aliphatic rings. The average Bonchev–Trinajstić information content (AvgIpc) is 2.03. The van der Waals surface area contributed by atoms with E-state index in [1.54, 1.807) is 0 Å². The first-order valence-electron chi connectivity index (χ1n) is 3.14. The predicted molar refractivity (Wildman–Crippen MR) is 42.4 cm³/mol. The molecule has 0 N–H and O–H groups in total. The number of hydrogen-bond donors (Lipinski definition) is 0. The number of para-hydroxylation sites is 1. The molecule has 0 aromatic heterocycles. The summed E-state index contributed by atoms with van der Waals surface area (Å²) in [6.07, 6.45) is 0. The number of nitro benzene ring substituents is 1. The molecule has 13 heavy (non-hydrogen) atoms. The number of hydrogen-bond acceptors (Lipinski definition) is 4. The first kappa shape index (κ1) is 9.62. The molecule has 0 bridgehead atoms. The van der Waals surface area contributed by atoms with Crippen LogP contribution in [0.3, 0.4) is 0 Å². The highest BCUT2D eigenvalue weighted by molar-refractivity contribution is 7.89. The van der Waals surface area contributed by atoms with Crippen LogP contribution in [0, 0.1) is 10.1 Å². The van der Waals surface area contributed by atoms with Crippen molar-refractivity contribution in [3.63, 3.8) is 0 Å². The van der Waals surface area contributed by atoms with E-state index in [1.807, 2.05) is 0 Å². The molecule has 1 aromatic carbocycles. The van der Waals surface area contributed by atoms with Gasteiger partial charge in [0.05, 0.1) is 4.92 Å². The number of nitrogens with zero attached hydrogens (tertiary/aromatic N) is 2. The second-order valence-electron chi connectivity index (χ2n) is 2.20. The van der Waals surface area contributed by atoms with E-state index >= 15 is 0 Å². The summed E-state index contributed by atoms with van der Waals surface area (Å²) in [7, 11) is -4.52. The van der Waals surface area contributed by atoms with Crippen LogP contribution in [0.2, 0.25) is 0 Å². The van der Waals surface area contributed by atoms with Gasteiger partial charge in [0, 0.05) is 11.2 Å². The lowest BCUT2D eigenvalue weighted by molar-refractivity contribution is -0.387. The van der Waals surface area contributed by atoms with Gasteiger partial charge in [-0.3, -0.25) is 10.1 Å². The van der Waals surface area contributed by atoms with Crippen molar-refractivity contribution in [2.24, 2.45) is 0 Å². The summed E-state index contributed by atoms with van der Waals surface area (Å²) in [6, 6.07) is 4.57. The van der Waals surface area contributed by atoms with Crippen molar-refractivity contribution >= 4 is 15.7 Å². The number of nitro groups is 1. The molecule has 1 rings (SSSR count). The van der Waals surface area contributed by atoms with E-state index in [0.29, 0.717) is 0 Å². The fourth-order valence-corrected chi connectivity index (χ4v) is 1.48. The second kappa shape index (κ2) is 3.11. The van der Waals surface area contributed by atoms with E-state index in [4.69, 9.17) is 5.14 Å². The lowest BCUT2D eigenvalue weighted by Gasteiger charge is -1.96. The highest BCUT2D eigenvalue weighted by Gasteiger charge is 2.22. The Hall–Kier alpha value is -1.47. The molecule has 0 amide bonds. The zero-order chi connectivity index (χ0) is 10.1. The Kier molecular flexibility index (Phi) is 2.30. The molecule has 68 valence electrons. The van der Waals surface area contributed by atoms with Gasteiger partial charge in [0.15, 0.2) is 4.90 Å². The monoisotopic (exact) mass is 200 g/mol. The minimum absolute atomic E-state index is 0.634. The Morgan fingerprint density at radius 1 is 1.31 bits per heavy atom. The van der Waals surface area contributed by atoms with Crippen LogP contribution in [0.25, 0.3) is 0 Å². The van der Waals surface area contributed by atoms with Crippen LogP contribution in [-0.4, -0.2) is 13.3 Å². The molecule has 2 radical (unpaired) electrons. The lowest BCUT2D eigenvalue weighted by Crippen LogP contribution is -2.04. The predicted octanol–water partition coefficient (Wildman–Crippen LogP) is 0.352. The summed E-state index contributed by atoms with van der Waals surface area (Å²) in [6.45, 7) is 0. The van der Waals surface area contributed by atoms with E-state index in [0.717, 1.165) is 12.1 Å². The minimum Gasteiger partial charge on any atom is -0.258 e. The van der Waals surface area contributed by atoms with Crippen molar-refractivity contribution in [2.75, 3.05) is 0 Å². The number of rotatable bonds is 2. The largest absolute Gasteiger partial charge is 0.289 e. The Morgan fingerprint density at radius 2 is 1.85 bits per heavy atom. The molecular formula is C6H4N2O4S. The maximum absolute atomic E-state index is 10.6. The van der Waals surface area contributed by atoms with E-state index in [-0.39, 0.29) is 0 Å². The fourth-order valence-electron chi connectivity index (χ4n) is 0.826. The van der Waals surface area contributed by atoms with Crippen LogP contribution in [0.4, 0.5) is 5.69 Å². The zero-order valence-electron chi connectivity index (χ0n) is 6.25. The minimum atomic E-state index is -4.52. The van der Waals surface area contributed by atoms with Crippen molar-refractivity contribution in [3.8, 4) is 0 Å². The van der Waals surface area contributed by atoms with Gasteiger partial charge in [-0.1, -0.05) is 12.1 Å². The van der Waals surface area contributed by atoms with Crippen LogP contribution in [0.15, 0.2) is 29.2 Å². The van der Waals surface area contributed by atoms with Crippen molar-refractivity contribution in [1.29, 1.82) is 0 Å². The van der Waals surface area contributed by atoms with Crippen LogP contribution >= 0.6 is 0 Å². The van der Waals surface area contributed by atoms with Gasteiger partial charge in [-0.2, -0.15) is 0 Å². The smallest absolute Gasteiger partial charge is 0.258 e. The van der Waals surface area contributed by atoms with Crippen molar-refractivity contribution < 1.29 is 13.3 Å². The summed E-state index contributed by atoms with van der Waals surface area (Å²) in [5.41, 5.74) is -0.634. The van der Waals surface area contributed by atoms with E-state index in [9.17, 15) is 18.5 Å². The summed E-state index contributed by atoms with van der Waals surface area (Å²) >= 11 is 0. The highest BCUT2D eigenvalue weighted by atomic mass is 32.2. The summed E-state index contributed by atoms with van der Waals surface area (Å²) in [4.78, 5) is 8.73. The molecular weight excluding hydrogens is 196 g/mol. The molecule has 0 saturated carbocycles. The van der Waals surface area contributed by atoms with Crippen LogP contribution in [0.5, 0.6) is 0 Å². The van der Waals surface area contributed by atoms with Crippen molar-refractivity contribution in [2.45, 2.75) is 4.90 Å². The van der Waals surface area contributed by atoms with E-state index in [2.05, 4.69) is 0 Å². The van der Waals surface area contributed by atoms with Gasteiger partial charge in [0.25, 0.3) is 15.7 Å². The number of sulfonamides is 1. The normalized spacial score (nSPS) is 11.2. The molecule has 0 spiro atoms. The van der Waals surface area contributed by atoms with Crippen LogP contribution in [-0.2, 0) is 10.0 Å². The van der Waals surface area contributed by atoms with Crippen molar-refractivity contribution in [1.82, 2.24) is 5.14 Å². The third-order valence-corrected chi connectivity index (χ3v) is 2.24. The molecule has 0 unspecified atom stereocenters. The lowest BCUT2D eigenvalue weighted by atomic mass is 10.3. The Morgan fingerprint density at radius 3 is 2.23 bits per heavy atom. The SMILES string of the molecule is [N]S(=O)(=O)c1ccccc1[N+](=O)[O-]. The van der Waals surface area contributed by atoms with Gasteiger partial charge in [-0.15, -0.1) is 0 Å². The molecule has 7 heteroatoms. The quantitative estimate of drug-likeness (QED) is 0.507. The third-order valence-electron chi connectivity index (χ3n) is 1.34. The highest BCUT2D eigenvalue weighted by Crippen LogP contribution is 2.21. The van der Waals surface area contributed by atoms with Gasteiger partial charge in [0.2, 0.25) is 0 Å². The Bertz CT molecular complexity index is 440. The van der Waals surface area contributed by atoms with Gasteiger partial charge < -0.3 is 0 Å². The topological polar surface area (TPSA) is 99.6 Å². The second-order valence-corrected chi connectivity index (χ2v) is 3.59.